The molecule has 1 aliphatic heterocycles. The van der Waals surface area contributed by atoms with E-state index < -0.39 is 5.91 Å². The number of hydrogen-bond donors (Lipinski definition) is 1. The summed E-state index contributed by atoms with van der Waals surface area (Å²) < 4.78 is 0. The standard InChI is InChI=1S/C12H16ClN3O/c1-15-4-6-16(7-5-15)11-3-2-9(13)8-10(11)12(14)17/h2-3,8H,4-7H2,1H3,(H2,14,17). The zero-order valence-corrected chi connectivity index (χ0v) is 10.6. The van der Waals surface area contributed by atoms with Gasteiger partial charge in [-0.15, -0.1) is 0 Å². The van der Waals surface area contributed by atoms with E-state index in [-0.39, 0.29) is 0 Å². The van der Waals surface area contributed by atoms with E-state index in [2.05, 4.69) is 16.8 Å². The Morgan fingerprint density at radius 2 is 1.94 bits per heavy atom. The summed E-state index contributed by atoms with van der Waals surface area (Å²) in [6.07, 6.45) is 0. The fraction of sp³-hybridized carbons (Fsp3) is 0.417. The normalized spacial score (nSPS) is 17.2. The first kappa shape index (κ1) is 12.2. The maximum absolute atomic E-state index is 11.4. The second-order valence-electron chi connectivity index (χ2n) is 4.32. The third-order valence-electron chi connectivity index (χ3n) is 3.07. The minimum absolute atomic E-state index is 0.429. The van der Waals surface area contributed by atoms with Gasteiger partial charge in [0.15, 0.2) is 0 Å². The van der Waals surface area contributed by atoms with Crippen molar-refractivity contribution in [2.24, 2.45) is 5.73 Å². The van der Waals surface area contributed by atoms with E-state index in [0.29, 0.717) is 10.6 Å². The van der Waals surface area contributed by atoms with Gasteiger partial charge in [-0.2, -0.15) is 0 Å². The molecule has 4 nitrogen and oxygen atoms in total. The lowest BCUT2D eigenvalue weighted by Gasteiger charge is -2.34. The summed E-state index contributed by atoms with van der Waals surface area (Å²) in [5.74, 6) is -0.429. The monoisotopic (exact) mass is 253 g/mol. The average molecular weight is 254 g/mol. The molecule has 0 spiro atoms. The molecule has 0 atom stereocenters. The van der Waals surface area contributed by atoms with Crippen LogP contribution in [0.5, 0.6) is 0 Å². The van der Waals surface area contributed by atoms with Crippen LogP contribution in [0.4, 0.5) is 5.69 Å². The van der Waals surface area contributed by atoms with Crippen molar-refractivity contribution in [3.63, 3.8) is 0 Å². The largest absolute Gasteiger partial charge is 0.368 e. The number of carbonyl (C=O) groups is 1. The van der Waals surface area contributed by atoms with Crippen LogP contribution in [0, 0.1) is 0 Å². The molecule has 1 aliphatic rings. The van der Waals surface area contributed by atoms with E-state index in [4.69, 9.17) is 17.3 Å². The first-order valence-corrected chi connectivity index (χ1v) is 5.98. The highest BCUT2D eigenvalue weighted by atomic mass is 35.5. The van der Waals surface area contributed by atoms with Gasteiger partial charge in [-0.05, 0) is 25.2 Å². The fourth-order valence-corrected chi connectivity index (χ4v) is 2.20. The van der Waals surface area contributed by atoms with Crippen LogP contribution < -0.4 is 10.6 Å². The molecule has 1 fully saturated rings. The summed E-state index contributed by atoms with van der Waals surface area (Å²) in [4.78, 5) is 15.8. The van der Waals surface area contributed by atoms with E-state index in [9.17, 15) is 4.79 Å². The van der Waals surface area contributed by atoms with Crippen molar-refractivity contribution in [1.29, 1.82) is 0 Å². The molecule has 2 N–H and O–H groups in total. The second-order valence-corrected chi connectivity index (χ2v) is 4.75. The Labute approximate surface area is 106 Å². The molecule has 5 heteroatoms. The topological polar surface area (TPSA) is 49.6 Å². The number of primary amides is 1. The summed E-state index contributed by atoms with van der Waals surface area (Å²) in [7, 11) is 2.09. The number of likely N-dealkylation sites (N-methyl/N-ethyl adjacent to an activating group) is 1. The summed E-state index contributed by atoms with van der Waals surface area (Å²) >= 11 is 5.89. The Balaban J connectivity index is 2.28. The van der Waals surface area contributed by atoms with Crippen molar-refractivity contribution in [2.45, 2.75) is 0 Å². The van der Waals surface area contributed by atoms with Crippen LogP contribution in [-0.2, 0) is 0 Å². The molecule has 1 amide bonds. The van der Waals surface area contributed by atoms with Crippen LogP contribution in [0.15, 0.2) is 18.2 Å². The quantitative estimate of drug-likeness (QED) is 0.862. The van der Waals surface area contributed by atoms with Crippen LogP contribution in [0.25, 0.3) is 0 Å². The smallest absolute Gasteiger partial charge is 0.250 e. The van der Waals surface area contributed by atoms with Crippen LogP contribution >= 0.6 is 11.6 Å². The Morgan fingerprint density at radius 1 is 1.29 bits per heavy atom. The maximum Gasteiger partial charge on any atom is 0.250 e. The Bertz CT molecular complexity index is 428. The van der Waals surface area contributed by atoms with Gasteiger partial charge in [0, 0.05) is 36.9 Å². The van der Waals surface area contributed by atoms with Gasteiger partial charge in [-0.1, -0.05) is 11.6 Å². The van der Waals surface area contributed by atoms with Crippen molar-refractivity contribution in [3.8, 4) is 0 Å². The number of anilines is 1. The van der Waals surface area contributed by atoms with Gasteiger partial charge in [0.2, 0.25) is 0 Å². The molecule has 0 unspecified atom stereocenters. The molecule has 0 aliphatic carbocycles. The lowest BCUT2D eigenvalue weighted by atomic mass is 10.1. The molecule has 1 heterocycles. The number of nitrogens with zero attached hydrogens (tertiary/aromatic N) is 2. The van der Waals surface area contributed by atoms with Crippen molar-refractivity contribution < 1.29 is 4.79 Å². The average Bonchev–Trinajstić information content (AvgIpc) is 2.30. The summed E-state index contributed by atoms with van der Waals surface area (Å²) in [5.41, 5.74) is 6.77. The molecular formula is C12H16ClN3O. The maximum atomic E-state index is 11.4. The highest BCUT2D eigenvalue weighted by Crippen LogP contribution is 2.24. The van der Waals surface area contributed by atoms with E-state index in [0.717, 1.165) is 31.9 Å². The number of nitrogens with two attached hydrogens (primary N) is 1. The molecule has 1 aromatic rings. The van der Waals surface area contributed by atoms with E-state index in [1.165, 1.54) is 0 Å². The van der Waals surface area contributed by atoms with Gasteiger partial charge in [0.25, 0.3) is 5.91 Å². The Hall–Kier alpha value is -1.26. The number of benzene rings is 1. The van der Waals surface area contributed by atoms with Crippen LogP contribution in [-0.4, -0.2) is 44.0 Å². The zero-order valence-electron chi connectivity index (χ0n) is 9.82. The molecule has 0 aromatic heterocycles. The molecule has 0 radical (unpaired) electrons. The number of carbonyl (C=O) groups excluding carboxylic acids is 1. The molecule has 2 rings (SSSR count). The molecular weight excluding hydrogens is 238 g/mol. The summed E-state index contributed by atoms with van der Waals surface area (Å²) in [6.45, 7) is 3.78. The fourth-order valence-electron chi connectivity index (χ4n) is 2.03. The Morgan fingerprint density at radius 3 is 2.53 bits per heavy atom. The minimum atomic E-state index is -0.429. The molecule has 92 valence electrons. The van der Waals surface area contributed by atoms with E-state index in [1.54, 1.807) is 12.1 Å². The third-order valence-corrected chi connectivity index (χ3v) is 3.30. The van der Waals surface area contributed by atoms with Crippen molar-refractivity contribution in [2.75, 3.05) is 38.1 Å². The molecule has 17 heavy (non-hydrogen) atoms. The van der Waals surface area contributed by atoms with Gasteiger partial charge in [-0.25, -0.2) is 0 Å². The number of amides is 1. The van der Waals surface area contributed by atoms with E-state index in [1.807, 2.05) is 6.07 Å². The van der Waals surface area contributed by atoms with Gasteiger partial charge < -0.3 is 15.5 Å². The summed E-state index contributed by atoms with van der Waals surface area (Å²) in [5, 5.41) is 0.539. The predicted octanol–water partition coefficient (Wildman–Crippen LogP) is 1.19. The lowest BCUT2D eigenvalue weighted by Crippen LogP contribution is -2.45. The minimum Gasteiger partial charge on any atom is -0.368 e. The van der Waals surface area contributed by atoms with Gasteiger partial charge in [-0.3, -0.25) is 4.79 Å². The van der Waals surface area contributed by atoms with Crippen molar-refractivity contribution in [3.05, 3.63) is 28.8 Å². The SMILES string of the molecule is CN1CCN(c2ccc(Cl)cc2C(N)=O)CC1. The zero-order chi connectivity index (χ0) is 12.4. The number of hydrogen-bond acceptors (Lipinski definition) is 3. The molecule has 0 bridgehead atoms. The van der Waals surface area contributed by atoms with Gasteiger partial charge in [0.05, 0.1) is 5.56 Å². The predicted molar refractivity (Wildman–Crippen MR) is 69.7 cm³/mol. The highest BCUT2D eigenvalue weighted by Gasteiger charge is 2.19. The van der Waals surface area contributed by atoms with Crippen molar-refractivity contribution in [1.82, 2.24) is 4.90 Å². The first-order valence-electron chi connectivity index (χ1n) is 5.61. The van der Waals surface area contributed by atoms with Gasteiger partial charge >= 0.3 is 0 Å². The first-order chi connectivity index (χ1) is 8.08. The van der Waals surface area contributed by atoms with Crippen LogP contribution in [0.3, 0.4) is 0 Å². The van der Waals surface area contributed by atoms with Crippen LogP contribution in [0.1, 0.15) is 10.4 Å². The second kappa shape index (κ2) is 4.94. The number of piperazine rings is 1. The summed E-state index contributed by atoms with van der Waals surface area (Å²) in [6, 6.07) is 5.30. The molecule has 1 saturated heterocycles. The number of halogens is 1. The van der Waals surface area contributed by atoms with Crippen LogP contribution in [0.2, 0.25) is 5.02 Å². The van der Waals surface area contributed by atoms with E-state index >= 15 is 0 Å². The highest BCUT2D eigenvalue weighted by molar-refractivity contribution is 6.31. The number of rotatable bonds is 2. The third kappa shape index (κ3) is 2.70. The lowest BCUT2D eigenvalue weighted by molar-refractivity contribution is 0.100. The Kier molecular flexibility index (Phi) is 3.54. The van der Waals surface area contributed by atoms with Gasteiger partial charge in [0.1, 0.15) is 0 Å². The van der Waals surface area contributed by atoms with Crippen molar-refractivity contribution >= 4 is 23.2 Å². The molecule has 1 aromatic carbocycles. The molecule has 0 saturated carbocycles.